The smallest absolute Gasteiger partial charge is 0.270 e. The highest BCUT2D eigenvalue weighted by atomic mass is 35.5. The highest BCUT2D eigenvalue weighted by molar-refractivity contribution is 6.14. The summed E-state index contributed by atoms with van der Waals surface area (Å²) in [5.74, 6) is 1.21. The van der Waals surface area contributed by atoms with Gasteiger partial charge in [-0.1, -0.05) is 0 Å². The first-order valence-corrected chi connectivity index (χ1v) is 10.3. The number of hydrogen-bond donors (Lipinski definition) is 2. The molecule has 0 spiro atoms. The van der Waals surface area contributed by atoms with Gasteiger partial charge in [-0.2, -0.15) is 0 Å². The fourth-order valence-corrected chi connectivity index (χ4v) is 4.16. The summed E-state index contributed by atoms with van der Waals surface area (Å²) in [5, 5.41) is 17.0. The van der Waals surface area contributed by atoms with Gasteiger partial charge in [0.25, 0.3) is 11.2 Å². The van der Waals surface area contributed by atoms with E-state index in [0.717, 1.165) is 16.3 Å². The Kier molecular flexibility index (Phi) is 9.47. The molecule has 0 radical (unpaired) electrons. The van der Waals surface area contributed by atoms with Gasteiger partial charge in [-0.15, -0.1) is 37.2 Å². The number of ether oxygens (including phenoxy) is 2. The third-order valence-corrected chi connectivity index (χ3v) is 5.64. The third-order valence-electron chi connectivity index (χ3n) is 5.64. The first-order chi connectivity index (χ1) is 15.6. The van der Waals surface area contributed by atoms with Crippen LogP contribution in [-0.2, 0) is 6.54 Å². The van der Waals surface area contributed by atoms with E-state index in [4.69, 9.17) is 15.2 Å². The SMILES string of the molecule is Cl.Cl.Cl.NCCNCCCn1c(=O)c2cc([N+](=O)[O-])ccc2c2cnc3cc4c(cc3c21)OCO4. The molecule has 5 rings (SSSR count). The molecule has 1 aliphatic rings. The van der Waals surface area contributed by atoms with E-state index in [9.17, 15) is 14.9 Å². The zero-order chi connectivity index (χ0) is 22.2. The summed E-state index contributed by atoms with van der Waals surface area (Å²) >= 11 is 0. The minimum Gasteiger partial charge on any atom is -0.454 e. The number of pyridine rings is 2. The molecule has 3 N–H and O–H groups in total. The number of nitro benzene ring substituents is 1. The van der Waals surface area contributed by atoms with Gasteiger partial charge in [-0.25, -0.2) is 0 Å². The lowest BCUT2D eigenvalue weighted by Gasteiger charge is -2.15. The van der Waals surface area contributed by atoms with Crippen molar-refractivity contribution in [2.24, 2.45) is 5.73 Å². The Morgan fingerprint density at radius 3 is 2.49 bits per heavy atom. The molecule has 10 nitrogen and oxygen atoms in total. The molecule has 2 aromatic heterocycles. The number of aryl methyl sites for hydroxylation is 1. The number of aromatic nitrogens is 2. The highest BCUT2D eigenvalue weighted by Gasteiger charge is 2.20. The number of nitrogens with one attached hydrogen (secondary N) is 1. The van der Waals surface area contributed by atoms with Crippen molar-refractivity contribution in [3.05, 3.63) is 57.0 Å². The zero-order valence-corrected chi connectivity index (χ0v) is 20.8. The fraction of sp³-hybridized carbons (Fsp3) is 0.273. The maximum Gasteiger partial charge on any atom is 0.270 e. The minimum absolute atomic E-state index is 0. The number of non-ortho nitro benzene ring substituents is 1. The summed E-state index contributed by atoms with van der Waals surface area (Å²) in [5.41, 5.74) is 6.52. The molecule has 13 heteroatoms. The van der Waals surface area contributed by atoms with Gasteiger partial charge in [0.05, 0.1) is 21.3 Å². The van der Waals surface area contributed by atoms with Crippen molar-refractivity contribution in [3.63, 3.8) is 0 Å². The van der Waals surface area contributed by atoms with Gasteiger partial charge in [-0.3, -0.25) is 19.9 Å². The molecule has 2 aromatic carbocycles. The van der Waals surface area contributed by atoms with Gasteiger partial charge in [0, 0.05) is 54.8 Å². The molecule has 0 saturated carbocycles. The van der Waals surface area contributed by atoms with Crippen molar-refractivity contribution in [1.29, 1.82) is 0 Å². The Morgan fingerprint density at radius 2 is 1.77 bits per heavy atom. The minimum atomic E-state index is -0.497. The highest BCUT2D eigenvalue weighted by Crippen LogP contribution is 2.38. The van der Waals surface area contributed by atoms with Crippen LogP contribution in [0.25, 0.3) is 32.6 Å². The predicted molar refractivity (Wildman–Crippen MR) is 142 cm³/mol. The maximum atomic E-state index is 13.5. The lowest BCUT2D eigenvalue weighted by Crippen LogP contribution is -2.26. The summed E-state index contributed by atoms with van der Waals surface area (Å²) in [6, 6.07) is 8.00. The lowest BCUT2D eigenvalue weighted by molar-refractivity contribution is -0.384. The Morgan fingerprint density at radius 1 is 1.03 bits per heavy atom. The van der Waals surface area contributed by atoms with Gasteiger partial charge >= 0.3 is 0 Å². The Bertz CT molecular complexity index is 1450. The first-order valence-electron chi connectivity index (χ1n) is 10.3. The third kappa shape index (κ3) is 5.07. The quantitative estimate of drug-likeness (QED) is 0.156. The van der Waals surface area contributed by atoms with Crippen LogP contribution in [0.2, 0.25) is 0 Å². The van der Waals surface area contributed by atoms with Crippen molar-refractivity contribution in [2.45, 2.75) is 13.0 Å². The molecule has 0 atom stereocenters. The molecule has 0 bridgehead atoms. The van der Waals surface area contributed by atoms with E-state index in [1.54, 1.807) is 22.9 Å². The summed E-state index contributed by atoms with van der Waals surface area (Å²) < 4.78 is 12.7. The molecule has 0 fully saturated rings. The average molecular weight is 545 g/mol. The van der Waals surface area contributed by atoms with E-state index in [-0.39, 0.29) is 55.3 Å². The number of fused-ring (bicyclic) bond motifs is 6. The average Bonchev–Trinajstić information content (AvgIpc) is 3.26. The van der Waals surface area contributed by atoms with Crippen molar-refractivity contribution in [2.75, 3.05) is 26.4 Å². The number of nitrogens with two attached hydrogens (primary N) is 1. The van der Waals surface area contributed by atoms with Gasteiger partial charge in [0.2, 0.25) is 6.79 Å². The molecular formula is C22H24Cl3N5O5. The van der Waals surface area contributed by atoms with Gasteiger partial charge in [0.15, 0.2) is 11.5 Å². The van der Waals surface area contributed by atoms with Crippen LogP contribution >= 0.6 is 37.2 Å². The van der Waals surface area contributed by atoms with Crippen LogP contribution in [0.1, 0.15) is 6.42 Å². The Balaban J connectivity index is 0.00000144. The molecule has 0 amide bonds. The van der Waals surface area contributed by atoms with E-state index in [1.807, 2.05) is 6.07 Å². The van der Waals surface area contributed by atoms with Gasteiger partial charge in [-0.05, 0) is 30.5 Å². The Hall–Kier alpha value is -2.89. The van der Waals surface area contributed by atoms with Crippen LogP contribution in [0.3, 0.4) is 0 Å². The molecule has 35 heavy (non-hydrogen) atoms. The number of nitrogens with zero attached hydrogens (tertiary/aromatic N) is 3. The van der Waals surface area contributed by atoms with Crippen molar-refractivity contribution in [3.8, 4) is 11.5 Å². The number of hydrogen-bond acceptors (Lipinski definition) is 8. The van der Waals surface area contributed by atoms with E-state index in [0.29, 0.717) is 60.4 Å². The molecule has 0 saturated heterocycles. The van der Waals surface area contributed by atoms with Gasteiger partial charge < -0.3 is 25.1 Å². The monoisotopic (exact) mass is 543 g/mol. The predicted octanol–water partition coefficient (Wildman–Crippen LogP) is 3.54. The van der Waals surface area contributed by atoms with Crippen molar-refractivity contribution >= 4 is 75.5 Å². The zero-order valence-electron chi connectivity index (χ0n) is 18.4. The fourth-order valence-electron chi connectivity index (χ4n) is 4.16. The second kappa shape index (κ2) is 11.7. The van der Waals surface area contributed by atoms with Crippen LogP contribution in [0.4, 0.5) is 5.69 Å². The van der Waals surface area contributed by atoms with E-state index < -0.39 is 4.92 Å². The maximum absolute atomic E-state index is 13.5. The number of nitro groups is 1. The van der Waals surface area contributed by atoms with Crippen LogP contribution in [0, 0.1) is 10.1 Å². The van der Waals surface area contributed by atoms with E-state index in [1.165, 1.54) is 12.1 Å². The van der Waals surface area contributed by atoms with E-state index >= 15 is 0 Å². The second-order valence-electron chi connectivity index (χ2n) is 7.58. The molecule has 3 heterocycles. The van der Waals surface area contributed by atoms with Crippen molar-refractivity contribution in [1.82, 2.24) is 14.9 Å². The molecule has 4 aromatic rings. The Labute approximate surface area is 218 Å². The van der Waals surface area contributed by atoms with Crippen LogP contribution in [0.5, 0.6) is 11.5 Å². The normalized spacial score (nSPS) is 11.7. The number of benzene rings is 2. The summed E-state index contributed by atoms with van der Waals surface area (Å²) in [7, 11) is 0. The summed E-state index contributed by atoms with van der Waals surface area (Å²) in [4.78, 5) is 28.9. The molecule has 0 unspecified atom stereocenters. The number of rotatable bonds is 7. The van der Waals surface area contributed by atoms with E-state index in [2.05, 4.69) is 10.3 Å². The lowest BCUT2D eigenvalue weighted by atomic mass is 10.0. The van der Waals surface area contributed by atoms with Gasteiger partial charge in [0.1, 0.15) is 0 Å². The molecule has 188 valence electrons. The van der Waals surface area contributed by atoms with Crippen LogP contribution < -0.4 is 26.1 Å². The molecular weight excluding hydrogens is 521 g/mol. The second-order valence-corrected chi connectivity index (χ2v) is 7.58. The van der Waals surface area contributed by atoms with Crippen LogP contribution in [0.15, 0.2) is 41.3 Å². The topological polar surface area (TPSA) is 135 Å². The molecule has 0 aliphatic carbocycles. The van der Waals surface area contributed by atoms with Crippen LogP contribution in [-0.4, -0.2) is 40.9 Å². The number of halogens is 3. The molecule has 1 aliphatic heterocycles. The standard InChI is InChI=1S/C22H21N5O5.3ClH/c23-4-6-24-5-1-7-26-21-16-9-19-20(32-12-31-19)10-18(16)25-11-17(21)14-3-2-13(27(29)30)8-15(14)22(26)28;;;/h2-3,8-11,24H,1,4-7,12,23H2;3*1H. The largest absolute Gasteiger partial charge is 0.454 e. The summed E-state index contributed by atoms with van der Waals surface area (Å²) in [6.45, 7) is 2.48. The van der Waals surface area contributed by atoms with Crippen molar-refractivity contribution < 1.29 is 14.4 Å². The first kappa shape index (κ1) is 28.3. The summed E-state index contributed by atoms with van der Waals surface area (Å²) in [6.07, 6.45) is 2.39.